The first-order valence-electron chi connectivity index (χ1n) is 6.15. The maximum Gasteiger partial charge on any atom is 0.119 e. The average Bonchev–Trinajstić information content (AvgIpc) is 2.74. The molecular weight excluding hydrogens is 262 g/mol. The van der Waals surface area contributed by atoms with E-state index in [9.17, 15) is 0 Å². The maximum absolute atomic E-state index is 6.08. The van der Waals surface area contributed by atoms with Crippen LogP contribution in [-0.2, 0) is 13.6 Å². The van der Waals surface area contributed by atoms with Crippen molar-refractivity contribution < 1.29 is 4.74 Å². The van der Waals surface area contributed by atoms with Crippen molar-refractivity contribution in [1.29, 1.82) is 0 Å². The number of aryl methyl sites for hydroxylation is 1. The van der Waals surface area contributed by atoms with Crippen LogP contribution in [0.4, 0.5) is 0 Å². The van der Waals surface area contributed by atoms with Gasteiger partial charge in [-0.2, -0.15) is 5.10 Å². The van der Waals surface area contributed by atoms with Crippen molar-refractivity contribution in [2.24, 2.45) is 7.05 Å². The minimum Gasteiger partial charge on any atom is -0.497 e. The zero-order valence-electron chi connectivity index (χ0n) is 11.4. The van der Waals surface area contributed by atoms with Gasteiger partial charge in [-0.25, -0.2) is 0 Å². The molecule has 0 aliphatic heterocycles. The van der Waals surface area contributed by atoms with Crippen molar-refractivity contribution in [2.45, 2.75) is 19.5 Å². The fraction of sp³-hybridized carbons (Fsp3) is 0.357. The van der Waals surface area contributed by atoms with Crippen LogP contribution in [-0.4, -0.2) is 16.9 Å². The van der Waals surface area contributed by atoms with E-state index >= 15 is 0 Å². The van der Waals surface area contributed by atoms with E-state index in [1.807, 2.05) is 25.2 Å². The summed E-state index contributed by atoms with van der Waals surface area (Å²) in [4.78, 5) is 0. The highest BCUT2D eigenvalue weighted by molar-refractivity contribution is 6.31. The third-order valence-corrected chi connectivity index (χ3v) is 3.34. The Morgan fingerprint density at radius 1 is 1.47 bits per heavy atom. The Balaban J connectivity index is 2.00. The zero-order valence-corrected chi connectivity index (χ0v) is 12.1. The molecule has 1 aromatic carbocycles. The molecule has 0 aliphatic rings. The molecule has 19 heavy (non-hydrogen) atoms. The largest absolute Gasteiger partial charge is 0.497 e. The van der Waals surface area contributed by atoms with Gasteiger partial charge in [-0.3, -0.25) is 4.68 Å². The van der Waals surface area contributed by atoms with Gasteiger partial charge in [0, 0.05) is 25.8 Å². The second-order valence-electron chi connectivity index (χ2n) is 4.48. The van der Waals surface area contributed by atoms with E-state index in [2.05, 4.69) is 23.4 Å². The summed E-state index contributed by atoms with van der Waals surface area (Å²) in [6.45, 7) is 2.74. The molecule has 102 valence electrons. The van der Waals surface area contributed by atoms with Crippen LogP contribution >= 0.6 is 11.6 Å². The number of hydrogen-bond acceptors (Lipinski definition) is 3. The number of benzene rings is 1. The number of nitrogens with zero attached hydrogens (tertiary/aromatic N) is 2. The monoisotopic (exact) mass is 279 g/mol. The summed E-state index contributed by atoms with van der Waals surface area (Å²) in [5.74, 6) is 0.863. The van der Waals surface area contributed by atoms with Gasteiger partial charge in [-0.1, -0.05) is 23.7 Å². The highest BCUT2D eigenvalue weighted by Gasteiger charge is 2.09. The van der Waals surface area contributed by atoms with Crippen LogP contribution in [0.25, 0.3) is 0 Å². The molecular formula is C14H18ClN3O. The predicted molar refractivity (Wildman–Crippen MR) is 76.5 cm³/mol. The highest BCUT2D eigenvalue weighted by Crippen LogP contribution is 2.20. The van der Waals surface area contributed by atoms with Gasteiger partial charge in [-0.05, 0) is 24.6 Å². The lowest BCUT2D eigenvalue weighted by Crippen LogP contribution is -2.18. The van der Waals surface area contributed by atoms with Crippen LogP contribution in [0.1, 0.15) is 24.2 Å². The fourth-order valence-corrected chi connectivity index (χ4v) is 2.15. The van der Waals surface area contributed by atoms with Crippen molar-refractivity contribution in [3.05, 3.63) is 46.7 Å². The molecule has 0 amide bonds. The molecule has 0 radical (unpaired) electrons. The maximum atomic E-state index is 6.08. The molecule has 0 spiro atoms. The van der Waals surface area contributed by atoms with Crippen LogP contribution in [0.3, 0.4) is 0 Å². The molecule has 0 fully saturated rings. The number of rotatable bonds is 5. The van der Waals surface area contributed by atoms with Crippen molar-refractivity contribution >= 4 is 11.6 Å². The molecule has 2 rings (SSSR count). The molecule has 1 atom stereocenters. The second-order valence-corrected chi connectivity index (χ2v) is 4.88. The molecule has 1 heterocycles. The Hall–Kier alpha value is -1.52. The van der Waals surface area contributed by atoms with Gasteiger partial charge in [0.05, 0.1) is 17.8 Å². The summed E-state index contributed by atoms with van der Waals surface area (Å²) in [6.07, 6.45) is 1.80. The number of halogens is 1. The summed E-state index contributed by atoms with van der Waals surface area (Å²) in [7, 11) is 3.53. The molecule has 4 nitrogen and oxygen atoms in total. The van der Waals surface area contributed by atoms with Crippen LogP contribution in [0.2, 0.25) is 5.02 Å². The van der Waals surface area contributed by atoms with Gasteiger partial charge in [0.1, 0.15) is 5.75 Å². The van der Waals surface area contributed by atoms with E-state index in [1.165, 1.54) is 5.56 Å². The molecule has 2 aromatic rings. The van der Waals surface area contributed by atoms with E-state index < -0.39 is 0 Å². The quantitative estimate of drug-likeness (QED) is 0.915. The molecule has 1 N–H and O–H groups in total. The number of aromatic nitrogens is 2. The topological polar surface area (TPSA) is 39.1 Å². The molecule has 5 heteroatoms. The second kappa shape index (κ2) is 6.08. The molecule has 0 saturated carbocycles. The lowest BCUT2D eigenvalue weighted by molar-refractivity contribution is 0.413. The number of ether oxygens (including phenoxy) is 1. The number of methoxy groups -OCH3 is 1. The van der Waals surface area contributed by atoms with Gasteiger partial charge in [-0.15, -0.1) is 0 Å². The molecule has 0 aliphatic carbocycles. The molecule has 1 aromatic heterocycles. The normalized spacial score (nSPS) is 12.4. The van der Waals surface area contributed by atoms with Gasteiger partial charge < -0.3 is 10.1 Å². The first-order valence-corrected chi connectivity index (χ1v) is 6.53. The summed E-state index contributed by atoms with van der Waals surface area (Å²) in [5, 5.41) is 8.40. The zero-order chi connectivity index (χ0) is 13.8. The van der Waals surface area contributed by atoms with E-state index in [4.69, 9.17) is 16.3 Å². The Kier molecular flexibility index (Phi) is 4.45. The smallest absolute Gasteiger partial charge is 0.119 e. The number of nitrogens with one attached hydrogen (secondary N) is 1. The Labute approximate surface area is 118 Å². The minimum absolute atomic E-state index is 0.202. The molecule has 0 unspecified atom stereocenters. The van der Waals surface area contributed by atoms with E-state index in [-0.39, 0.29) is 6.04 Å². The van der Waals surface area contributed by atoms with E-state index in [1.54, 1.807) is 18.0 Å². The molecule has 0 bridgehead atoms. The number of hydrogen-bond donors (Lipinski definition) is 1. The van der Waals surface area contributed by atoms with Crippen LogP contribution < -0.4 is 10.1 Å². The molecule has 0 saturated heterocycles. The van der Waals surface area contributed by atoms with Crippen LogP contribution in [0, 0.1) is 0 Å². The van der Waals surface area contributed by atoms with Gasteiger partial charge in [0.25, 0.3) is 0 Å². The Morgan fingerprint density at radius 2 is 2.26 bits per heavy atom. The third kappa shape index (κ3) is 3.49. The average molecular weight is 280 g/mol. The van der Waals surface area contributed by atoms with Crippen molar-refractivity contribution in [3.63, 3.8) is 0 Å². The first kappa shape index (κ1) is 13.9. The fourth-order valence-electron chi connectivity index (χ4n) is 1.90. The SMILES string of the molecule is COc1cccc([C@@H](C)NCc2nn(C)cc2Cl)c1. The summed E-state index contributed by atoms with van der Waals surface area (Å²) in [5.41, 5.74) is 2.03. The predicted octanol–water partition coefficient (Wildman–Crippen LogP) is 2.93. The Morgan fingerprint density at radius 3 is 2.89 bits per heavy atom. The summed E-state index contributed by atoms with van der Waals surface area (Å²) in [6, 6.07) is 8.22. The standard InChI is InChI=1S/C14H18ClN3O/c1-10(11-5-4-6-12(7-11)19-3)16-8-14-13(15)9-18(2)17-14/h4-7,9-10,16H,8H2,1-3H3/t10-/m1/s1. The lowest BCUT2D eigenvalue weighted by atomic mass is 10.1. The van der Waals surface area contributed by atoms with Crippen LogP contribution in [0.5, 0.6) is 5.75 Å². The van der Waals surface area contributed by atoms with Gasteiger partial charge in [0.2, 0.25) is 0 Å². The van der Waals surface area contributed by atoms with Crippen LogP contribution in [0.15, 0.2) is 30.5 Å². The minimum atomic E-state index is 0.202. The van der Waals surface area contributed by atoms with Crippen molar-refractivity contribution in [1.82, 2.24) is 15.1 Å². The van der Waals surface area contributed by atoms with Crippen molar-refractivity contribution in [3.8, 4) is 5.75 Å². The van der Waals surface area contributed by atoms with E-state index in [0.717, 1.165) is 11.4 Å². The Bertz CT molecular complexity index is 553. The summed E-state index contributed by atoms with van der Waals surface area (Å²) >= 11 is 6.08. The van der Waals surface area contributed by atoms with Crippen molar-refractivity contribution in [2.75, 3.05) is 7.11 Å². The lowest BCUT2D eigenvalue weighted by Gasteiger charge is -2.14. The van der Waals surface area contributed by atoms with Gasteiger partial charge in [0.15, 0.2) is 0 Å². The first-order chi connectivity index (χ1) is 9.10. The van der Waals surface area contributed by atoms with E-state index in [0.29, 0.717) is 11.6 Å². The van der Waals surface area contributed by atoms with Gasteiger partial charge >= 0.3 is 0 Å². The third-order valence-electron chi connectivity index (χ3n) is 3.02. The highest BCUT2D eigenvalue weighted by atomic mass is 35.5. The summed E-state index contributed by atoms with van der Waals surface area (Å²) < 4.78 is 6.94.